The Bertz CT molecular complexity index is 754. The zero-order valence-corrected chi connectivity index (χ0v) is 19.3. The van der Waals surface area contributed by atoms with Crippen LogP contribution in [-0.4, -0.2) is 25.5 Å². The number of aliphatic imine (C=N–C) groups is 1. The lowest BCUT2D eigenvalue weighted by Crippen LogP contribution is -2.37. The van der Waals surface area contributed by atoms with E-state index >= 15 is 0 Å². The van der Waals surface area contributed by atoms with Crippen molar-refractivity contribution >= 4 is 41.5 Å². The molecule has 1 aliphatic carbocycles. The number of furan rings is 1. The highest BCUT2D eigenvalue weighted by molar-refractivity contribution is 14.0. The molecular weight excluding hydrogens is 479 g/mol. The Balaban J connectivity index is 0.00000300. The molecule has 2 aromatic rings. The van der Waals surface area contributed by atoms with Crippen molar-refractivity contribution in [3.8, 4) is 0 Å². The minimum Gasteiger partial charge on any atom is -0.459 e. The summed E-state index contributed by atoms with van der Waals surface area (Å²) < 4.78 is 5.10. The highest BCUT2D eigenvalue weighted by atomic mass is 127. The summed E-state index contributed by atoms with van der Waals surface area (Å²) in [6, 6.07) is 11.1. The number of anilines is 1. The molecule has 0 atom stereocenters. The first-order chi connectivity index (χ1) is 13.7. The lowest BCUT2D eigenvalue weighted by molar-refractivity contribution is 0.0996. The first-order valence-corrected chi connectivity index (χ1v) is 10.1. The Hall–Kier alpha value is -2.03. The Morgan fingerprint density at radius 3 is 2.55 bits per heavy atom. The number of hydrogen-bond acceptors (Lipinski definition) is 3. The molecule has 1 fully saturated rings. The predicted molar refractivity (Wildman–Crippen MR) is 128 cm³/mol. The predicted octanol–water partition coefficient (Wildman–Crippen LogP) is 4.79. The van der Waals surface area contributed by atoms with Crippen molar-refractivity contribution in [2.24, 2.45) is 10.9 Å². The van der Waals surface area contributed by atoms with Crippen molar-refractivity contribution in [2.45, 2.75) is 45.1 Å². The van der Waals surface area contributed by atoms with E-state index in [0.29, 0.717) is 12.3 Å². The van der Waals surface area contributed by atoms with E-state index in [1.807, 2.05) is 24.3 Å². The Labute approximate surface area is 190 Å². The molecule has 29 heavy (non-hydrogen) atoms. The van der Waals surface area contributed by atoms with Crippen LogP contribution in [0.5, 0.6) is 0 Å². The number of rotatable bonds is 8. The molecule has 1 aliphatic rings. The summed E-state index contributed by atoms with van der Waals surface area (Å²) in [5, 5.41) is 9.54. The number of benzene rings is 1. The monoisotopic (exact) mass is 510 g/mol. The van der Waals surface area contributed by atoms with Gasteiger partial charge in [0.25, 0.3) is 5.91 Å². The third-order valence-electron chi connectivity index (χ3n) is 5.20. The molecule has 0 unspecified atom stereocenters. The number of halogens is 1. The Morgan fingerprint density at radius 2 is 1.90 bits per heavy atom. The second kappa shape index (κ2) is 12.5. The van der Waals surface area contributed by atoms with Gasteiger partial charge in [-0.1, -0.05) is 37.8 Å². The summed E-state index contributed by atoms with van der Waals surface area (Å²) in [5.74, 6) is 1.80. The second-order valence-electron chi connectivity index (χ2n) is 7.27. The third kappa shape index (κ3) is 7.72. The SMILES string of the molecule is CN=C(NCCCC1CCCC1)NCc1ccc(NC(=O)c2ccco2)cc1.I. The van der Waals surface area contributed by atoms with Crippen LogP contribution in [0, 0.1) is 5.92 Å². The molecule has 0 saturated heterocycles. The number of carbonyl (C=O) groups is 1. The molecule has 0 spiro atoms. The minimum absolute atomic E-state index is 0. The molecule has 0 radical (unpaired) electrons. The molecule has 1 amide bonds. The van der Waals surface area contributed by atoms with Gasteiger partial charge in [-0.25, -0.2) is 0 Å². The molecule has 0 bridgehead atoms. The molecule has 158 valence electrons. The van der Waals surface area contributed by atoms with E-state index in [-0.39, 0.29) is 29.9 Å². The first-order valence-electron chi connectivity index (χ1n) is 10.1. The zero-order chi connectivity index (χ0) is 19.6. The number of guanidine groups is 1. The van der Waals surface area contributed by atoms with Crippen LogP contribution < -0.4 is 16.0 Å². The van der Waals surface area contributed by atoms with Crippen molar-refractivity contribution in [1.82, 2.24) is 10.6 Å². The smallest absolute Gasteiger partial charge is 0.291 e. The topological polar surface area (TPSA) is 78.7 Å². The largest absolute Gasteiger partial charge is 0.459 e. The van der Waals surface area contributed by atoms with Crippen LogP contribution in [0.3, 0.4) is 0 Å². The van der Waals surface area contributed by atoms with E-state index in [0.717, 1.165) is 29.7 Å². The normalized spacial score (nSPS) is 14.3. The van der Waals surface area contributed by atoms with Crippen LogP contribution in [-0.2, 0) is 6.54 Å². The number of nitrogens with zero attached hydrogens (tertiary/aromatic N) is 1. The van der Waals surface area contributed by atoms with Gasteiger partial charge in [0.2, 0.25) is 0 Å². The molecule has 1 aromatic carbocycles. The summed E-state index contributed by atoms with van der Waals surface area (Å²) >= 11 is 0. The van der Waals surface area contributed by atoms with Crippen molar-refractivity contribution in [3.05, 3.63) is 54.0 Å². The lowest BCUT2D eigenvalue weighted by Gasteiger charge is -2.13. The van der Waals surface area contributed by atoms with Gasteiger partial charge in [-0.3, -0.25) is 9.79 Å². The molecule has 1 heterocycles. The third-order valence-corrected chi connectivity index (χ3v) is 5.20. The van der Waals surface area contributed by atoms with Crippen molar-refractivity contribution in [2.75, 3.05) is 18.9 Å². The fourth-order valence-electron chi connectivity index (χ4n) is 3.61. The van der Waals surface area contributed by atoms with Crippen LogP contribution in [0.2, 0.25) is 0 Å². The van der Waals surface area contributed by atoms with Crippen molar-refractivity contribution in [1.29, 1.82) is 0 Å². The van der Waals surface area contributed by atoms with Gasteiger partial charge >= 0.3 is 0 Å². The molecule has 0 aliphatic heterocycles. The quantitative estimate of drug-likeness (QED) is 0.207. The summed E-state index contributed by atoms with van der Waals surface area (Å²) in [7, 11) is 1.79. The number of amides is 1. The number of nitrogens with one attached hydrogen (secondary N) is 3. The van der Waals surface area contributed by atoms with Gasteiger partial charge in [-0.05, 0) is 48.6 Å². The van der Waals surface area contributed by atoms with E-state index in [4.69, 9.17) is 4.42 Å². The first kappa shape index (κ1) is 23.3. The number of hydrogen-bond donors (Lipinski definition) is 3. The maximum absolute atomic E-state index is 12.0. The van der Waals surface area contributed by atoms with Gasteiger partial charge in [0.15, 0.2) is 11.7 Å². The van der Waals surface area contributed by atoms with Gasteiger partial charge in [-0.2, -0.15) is 0 Å². The highest BCUT2D eigenvalue weighted by Crippen LogP contribution is 2.28. The summed E-state index contributed by atoms with van der Waals surface area (Å²) in [6.07, 6.45) is 9.62. The van der Waals surface area contributed by atoms with E-state index < -0.39 is 0 Å². The van der Waals surface area contributed by atoms with Gasteiger partial charge < -0.3 is 20.4 Å². The zero-order valence-electron chi connectivity index (χ0n) is 16.9. The molecule has 3 rings (SSSR count). The summed E-state index contributed by atoms with van der Waals surface area (Å²) in [6.45, 7) is 1.63. The second-order valence-corrected chi connectivity index (χ2v) is 7.27. The molecule has 6 nitrogen and oxygen atoms in total. The average Bonchev–Trinajstić information content (AvgIpc) is 3.43. The Morgan fingerprint density at radius 1 is 1.14 bits per heavy atom. The summed E-state index contributed by atoms with van der Waals surface area (Å²) in [4.78, 5) is 16.3. The van der Waals surface area contributed by atoms with Crippen LogP contribution in [0.1, 0.15) is 54.6 Å². The van der Waals surface area contributed by atoms with Crippen LogP contribution >= 0.6 is 24.0 Å². The standard InChI is InChI=1S/C22H30N4O2.HI/c1-23-22(24-14-4-8-17-6-2-3-7-17)25-16-18-10-12-19(13-11-18)26-21(27)20-9-5-15-28-20;/h5,9-13,15,17H,2-4,6-8,14,16H2,1H3,(H,26,27)(H2,23,24,25);1H. The molecular formula is C22H31IN4O2. The molecule has 1 aromatic heterocycles. The van der Waals surface area contributed by atoms with Gasteiger partial charge in [0.1, 0.15) is 0 Å². The fourth-order valence-corrected chi connectivity index (χ4v) is 3.61. The average molecular weight is 510 g/mol. The Kier molecular flexibility index (Phi) is 10.0. The highest BCUT2D eigenvalue weighted by Gasteiger charge is 2.14. The van der Waals surface area contributed by atoms with Gasteiger partial charge in [0, 0.05) is 25.8 Å². The van der Waals surface area contributed by atoms with Crippen LogP contribution in [0.15, 0.2) is 52.1 Å². The van der Waals surface area contributed by atoms with Crippen LogP contribution in [0.4, 0.5) is 5.69 Å². The van der Waals surface area contributed by atoms with E-state index in [1.54, 1.807) is 19.2 Å². The molecule has 3 N–H and O–H groups in total. The van der Waals surface area contributed by atoms with Crippen molar-refractivity contribution in [3.63, 3.8) is 0 Å². The van der Waals surface area contributed by atoms with Gasteiger partial charge in [0.05, 0.1) is 6.26 Å². The molecule has 7 heteroatoms. The lowest BCUT2D eigenvalue weighted by atomic mass is 10.0. The van der Waals surface area contributed by atoms with E-state index in [2.05, 4.69) is 20.9 Å². The van der Waals surface area contributed by atoms with E-state index in [9.17, 15) is 4.79 Å². The molecule has 1 saturated carbocycles. The van der Waals surface area contributed by atoms with Gasteiger partial charge in [-0.15, -0.1) is 24.0 Å². The number of carbonyl (C=O) groups excluding carboxylic acids is 1. The maximum Gasteiger partial charge on any atom is 0.291 e. The fraction of sp³-hybridized carbons (Fsp3) is 0.455. The van der Waals surface area contributed by atoms with E-state index in [1.165, 1.54) is 44.8 Å². The van der Waals surface area contributed by atoms with Crippen molar-refractivity contribution < 1.29 is 9.21 Å². The maximum atomic E-state index is 12.0. The summed E-state index contributed by atoms with van der Waals surface area (Å²) in [5.41, 5.74) is 1.85. The minimum atomic E-state index is -0.252. The van der Waals surface area contributed by atoms with Crippen LogP contribution in [0.25, 0.3) is 0 Å².